The van der Waals surface area contributed by atoms with Gasteiger partial charge in [0.2, 0.25) is 0 Å². The predicted octanol–water partition coefficient (Wildman–Crippen LogP) is 6.15. The summed E-state index contributed by atoms with van der Waals surface area (Å²) in [6, 6.07) is 7.12. The molecule has 3 rings (SSSR count). The van der Waals surface area contributed by atoms with Gasteiger partial charge < -0.3 is 15.9 Å². The number of benzene rings is 2. The molecule has 1 heterocycles. The van der Waals surface area contributed by atoms with Gasteiger partial charge in [-0.1, -0.05) is 0 Å². The van der Waals surface area contributed by atoms with Crippen molar-refractivity contribution in [3.8, 4) is 33.8 Å². The van der Waals surface area contributed by atoms with Crippen LogP contribution in [0.2, 0.25) is 0 Å². The zero-order chi connectivity index (χ0) is 24.6. The molecule has 1 amide bonds. The first-order valence-corrected chi connectivity index (χ1v) is 10.4. The van der Waals surface area contributed by atoms with Crippen molar-refractivity contribution in [2.45, 2.75) is 20.8 Å². The molecule has 0 radical (unpaired) electrons. The number of carbonyl (C=O) groups excluding carboxylic acids is 1. The van der Waals surface area contributed by atoms with Crippen LogP contribution in [0.3, 0.4) is 0 Å². The molecule has 0 aliphatic carbocycles. The maximum absolute atomic E-state index is 12.8. The SMILES string of the molecule is NC(=O)c1nccc(-c2cc(SC(F)(F)F)ccc2O)c1-c1cc(SC(F)(F)F)ccc1O. The third kappa shape index (κ3) is 6.05. The molecule has 13 heteroatoms. The van der Waals surface area contributed by atoms with Crippen molar-refractivity contribution in [1.29, 1.82) is 0 Å². The summed E-state index contributed by atoms with van der Waals surface area (Å²) in [5, 5.41) is 20.7. The van der Waals surface area contributed by atoms with E-state index in [2.05, 4.69) is 4.98 Å². The highest BCUT2D eigenvalue weighted by Gasteiger charge is 2.31. The van der Waals surface area contributed by atoms with E-state index in [1.807, 2.05) is 0 Å². The maximum atomic E-state index is 12.8. The Morgan fingerprint density at radius 2 is 1.27 bits per heavy atom. The minimum absolute atomic E-state index is 0.0783. The molecule has 0 aliphatic rings. The number of thioether (sulfide) groups is 2. The Morgan fingerprint density at radius 3 is 1.76 bits per heavy atom. The first kappa shape index (κ1) is 24.6. The number of alkyl halides is 6. The van der Waals surface area contributed by atoms with E-state index < -0.39 is 57.6 Å². The van der Waals surface area contributed by atoms with E-state index in [0.29, 0.717) is 0 Å². The standard InChI is InChI=1S/C20H12F6N2O3S2/c21-19(22,23)32-9-1-3-14(29)12(7-9)11-5-6-28-17(18(27)31)16(11)13-8-10(2-4-15(13)30)33-20(24,25)26/h1-8,29-30H,(H2,27,31). The summed E-state index contributed by atoms with van der Waals surface area (Å²) in [6.07, 6.45) is 1.09. The van der Waals surface area contributed by atoms with Gasteiger partial charge in [-0.2, -0.15) is 26.3 Å². The van der Waals surface area contributed by atoms with Gasteiger partial charge >= 0.3 is 11.0 Å². The van der Waals surface area contributed by atoms with Gasteiger partial charge in [-0.05, 0) is 71.6 Å². The molecule has 3 aromatic rings. The highest BCUT2D eigenvalue weighted by molar-refractivity contribution is 8.00. The Balaban J connectivity index is 2.29. The van der Waals surface area contributed by atoms with Crippen LogP contribution >= 0.6 is 23.5 Å². The molecule has 174 valence electrons. The van der Waals surface area contributed by atoms with Gasteiger partial charge in [0, 0.05) is 32.7 Å². The molecule has 0 saturated carbocycles. The Bertz CT molecular complexity index is 1220. The molecular formula is C20H12F6N2O3S2. The number of halogens is 6. The second kappa shape index (κ2) is 9.06. The Morgan fingerprint density at radius 1 is 0.788 bits per heavy atom. The fourth-order valence-corrected chi connectivity index (χ4v) is 4.15. The van der Waals surface area contributed by atoms with Crippen LogP contribution in [0.4, 0.5) is 26.3 Å². The number of nitrogens with two attached hydrogens (primary N) is 1. The molecule has 0 fully saturated rings. The van der Waals surface area contributed by atoms with Crippen molar-refractivity contribution >= 4 is 29.4 Å². The number of carbonyl (C=O) groups is 1. The van der Waals surface area contributed by atoms with Crippen molar-refractivity contribution in [1.82, 2.24) is 4.98 Å². The zero-order valence-corrected chi connectivity index (χ0v) is 17.7. The Kier molecular flexibility index (Phi) is 6.75. The van der Waals surface area contributed by atoms with Gasteiger partial charge in [-0.15, -0.1) is 0 Å². The number of primary amides is 1. The molecule has 33 heavy (non-hydrogen) atoms. The number of nitrogens with zero attached hydrogens (tertiary/aromatic N) is 1. The predicted molar refractivity (Wildman–Crippen MR) is 111 cm³/mol. The fourth-order valence-electron chi connectivity index (χ4n) is 2.99. The lowest BCUT2D eigenvalue weighted by Gasteiger charge is -2.17. The average Bonchev–Trinajstić information content (AvgIpc) is 2.68. The van der Waals surface area contributed by atoms with Crippen LogP contribution in [-0.4, -0.2) is 32.1 Å². The van der Waals surface area contributed by atoms with Crippen LogP contribution in [0.25, 0.3) is 22.3 Å². The van der Waals surface area contributed by atoms with Crippen molar-refractivity contribution in [3.63, 3.8) is 0 Å². The van der Waals surface area contributed by atoms with Gasteiger partial charge in [0.05, 0.1) is 0 Å². The second-order valence-electron chi connectivity index (χ2n) is 6.40. The quantitative estimate of drug-likeness (QED) is 0.284. The summed E-state index contributed by atoms with van der Waals surface area (Å²) in [5.74, 6) is -2.14. The third-order valence-corrected chi connectivity index (χ3v) is 5.59. The first-order chi connectivity index (χ1) is 15.2. The zero-order valence-electron chi connectivity index (χ0n) is 16.0. The van der Waals surface area contributed by atoms with Gasteiger partial charge in [-0.3, -0.25) is 9.78 Å². The Hall–Kier alpha value is -3.06. The summed E-state index contributed by atoms with van der Waals surface area (Å²) < 4.78 is 77.0. The molecule has 0 bridgehead atoms. The van der Waals surface area contributed by atoms with Crippen LogP contribution in [0.15, 0.2) is 58.5 Å². The van der Waals surface area contributed by atoms with Crippen LogP contribution in [0.5, 0.6) is 11.5 Å². The summed E-state index contributed by atoms with van der Waals surface area (Å²) in [7, 11) is 0. The lowest BCUT2D eigenvalue weighted by molar-refractivity contribution is -0.0337. The van der Waals surface area contributed by atoms with Gasteiger partial charge in [0.1, 0.15) is 17.2 Å². The molecule has 2 aromatic carbocycles. The van der Waals surface area contributed by atoms with Gasteiger partial charge in [-0.25, -0.2) is 0 Å². The Labute approximate surface area is 190 Å². The van der Waals surface area contributed by atoms with Crippen molar-refractivity contribution < 1.29 is 41.4 Å². The van der Waals surface area contributed by atoms with E-state index in [1.54, 1.807) is 0 Å². The number of hydrogen-bond donors (Lipinski definition) is 3. The lowest BCUT2D eigenvalue weighted by Crippen LogP contribution is -2.15. The molecule has 5 nitrogen and oxygen atoms in total. The van der Waals surface area contributed by atoms with E-state index >= 15 is 0 Å². The number of hydrogen-bond acceptors (Lipinski definition) is 6. The molecule has 4 N–H and O–H groups in total. The maximum Gasteiger partial charge on any atom is 0.446 e. The number of rotatable bonds is 5. The second-order valence-corrected chi connectivity index (χ2v) is 8.68. The number of phenols is 2. The number of pyridine rings is 1. The molecular weight excluding hydrogens is 494 g/mol. The molecule has 0 unspecified atom stereocenters. The molecule has 0 spiro atoms. The molecule has 0 atom stereocenters. The summed E-state index contributed by atoms with van der Waals surface area (Å²) in [4.78, 5) is 15.2. The van der Waals surface area contributed by atoms with E-state index in [0.717, 1.165) is 42.6 Å². The number of aromatic nitrogens is 1. The number of phenolic OH excluding ortho intramolecular Hbond substituents is 2. The normalized spacial score (nSPS) is 12.1. The summed E-state index contributed by atoms with van der Waals surface area (Å²) in [6.45, 7) is 0. The first-order valence-electron chi connectivity index (χ1n) is 8.72. The minimum Gasteiger partial charge on any atom is -0.507 e. The number of amides is 1. The highest BCUT2D eigenvalue weighted by Crippen LogP contribution is 2.46. The highest BCUT2D eigenvalue weighted by atomic mass is 32.2. The topological polar surface area (TPSA) is 96.4 Å². The van der Waals surface area contributed by atoms with E-state index in [4.69, 9.17) is 5.73 Å². The van der Waals surface area contributed by atoms with Crippen molar-refractivity contribution in [2.75, 3.05) is 0 Å². The fraction of sp³-hybridized carbons (Fsp3) is 0.100. The molecule has 1 aromatic heterocycles. The van der Waals surface area contributed by atoms with Crippen molar-refractivity contribution in [3.05, 3.63) is 54.4 Å². The van der Waals surface area contributed by atoms with Crippen LogP contribution in [0.1, 0.15) is 10.5 Å². The van der Waals surface area contributed by atoms with Crippen LogP contribution in [-0.2, 0) is 0 Å². The third-order valence-electron chi connectivity index (χ3n) is 4.15. The monoisotopic (exact) mass is 506 g/mol. The van der Waals surface area contributed by atoms with Gasteiger partial charge in [0.15, 0.2) is 0 Å². The van der Waals surface area contributed by atoms with E-state index in [9.17, 15) is 41.4 Å². The minimum atomic E-state index is -4.65. The van der Waals surface area contributed by atoms with Crippen LogP contribution < -0.4 is 5.73 Å². The largest absolute Gasteiger partial charge is 0.507 e. The van der Waals surface area contributed by atoms with Crippen molar-refractivity contribution in [2.24, 2.45) is 5.73 Å². The average molecular weight is 506 g/mol. The smallest absolute Gasteiger partial charge is 0.446 e. The van der Waals surface area contributed by atoms with E-state index in [-0.39, 0.29) is 32.0 Å². The van der Waals surface area contributed by atoms with Gasteiger partial charge in [0.25, 0.3) is 5.91 Å². The summed E-state index contributed by atoms with van der Waals surface area (Å²) >= 11 is -0.933. The molecule has 0 saturated heterocycles. The van der Waals surface area contributed by atoms with E-state index in [1.165, 1.54) is 6.07 Å². The van der Waals surface area contributed by atoms with Crippen LogP contribution in [0, 0.1) is 0 Å². The number of aromatic hydroxyl groups is 2. The lowest BCUT2D eigenvalue weighted by atomic mass is 9.92. The molecule has 0 aliphatic heterocycles. The summed E-state index contributed by atoms with van der Waals surface area (Å²) in [5.41, 5.74) is -5.19.